The predicted molar refractivity (Wildman–Crippen MR) is 134 cm³/mol. The smallest absolute Gasteiger partial charge is 0.220 e. The van der Waals surface area contributed by atoms with Crippen LogP contribution >= 0.6 is 0 Å². The highest BCUT2D eigenvalue weighted by molar-refractivity contribution is 5.83. The maximum absolute atomic E-state index is 11.8. The van der Waals surface area contributed by atoms with Gasteiger partial charge in [-0.25, -0.2) is 0 Å². The van der Waals surface area contributed by atoms with Crippen LogP contribution in [0.4, 0.5) is 0 Å². The third-order valence-corrected chi connectivity index (χ3v) is 5.55. The van der Waals surface area contributed by atoms with E-state index < -0.39 is 0 Å². The fraction of sp³-hybridized carbons (Fsp3) is 0.880. The topological polar surface area (TPSA) is 110 Å². The van der Waals surface area contributed by atoms with E-state index in [1.165, 1.54) is 32.1 Å². The Morgan fingerprint density at radius 1 is 0.576 bits per heavy atom. The summed E-state index contributed by atoms with van der Waals surface area (Å²) in [5.74, 6) is -0.254. The van der Waals surface area contributed by atoms with E-state index in [4.69, 9.17) is 0 Å². The third kappa shape index (κ3) is 24.8. The number of quaternary nitrogens is 1. The highest BCUT2D eigenvalue weighted by Crippen LogP contribution is 2.08. The SMILES string of the molecule is CCCCCCCCCC(=O)NCCNC(=O)CCC(=O)NCCCCCCC[N+](C)(C)[O-]. The van der Waals surface area contributed by atoms with Crippen molar-refractivity contribution in [2.75, 3.05) is 40.3 Å². The molecule has 0 fully saturated rings. The summed E-state index contributed by atoms with van der Waals surface area (Å²) in [7, 11) is 3.32. The third-order valence-electron chi connectivity index (χ3n) is 5.55. The average molecular weight is 471 g/mol. The van der Waals surface area contributed by atoms with Crippen LogP contribution in [0, 0.1) is 5.21 Å². The Labute approximate surface area is 201 Å². The number of rotatable bonds is 22. The lowest BCUT2D eigenvalue weighted by Crippen LogP contribution is -2.35. The first kappa shape index (κ1) is 31.3. The Hall–Kier alpha value is -1.67. The molecule has 0 saturated carbocycles. The highest BCUT2D eigenvalue weighted by atomic mass is 16.5. The Kier molecular flexibility index (Phi) is 19.8. The number of carbonyl (C=O) groups excluding carboxylic acids is 3. The van der Waals surface area contributed by atoms with Gasteiger partial charge in [0.25, 0.3) is 0 Å². The molecule has 33 heavy (non-hydrogen) atoms. The molecule has 0 aliphatic rings. The van der Waals surface area contributed by atoms with Gasteiger partial charge in [0.2, 0.25) is 17.7 Å². The second-order valence-electron chi connectivity index (χ2n) is 9.49. The Balaban J connectivity index is 3.48. The van der Waals surface area contributed by atoms with Crippen LogP contribution in [0.3, 0.4) is 0 Å². The van der Waals surface area contributed by atoms with Crippen molar-refractivity contribution in [2.24, 2.45) is 0 Å². The number of unbranched alkanes of at least 4 members (excludes halogenated alkanes) is 10. The zero-order valence-corrected chi connectivity index (χ0v) is 21.5. The molecule has 0 rings (SSSR count). The normalized spacial score (nSPS) is 11.3. The lowest BCUT2D eigenvalue weighted by molar-refractivity contribution is -0.840. The van der Waals surface area contributed by atoms with Gasteiger partial charge in [-0.2, -0.15) is 0 Å². The molecule has 8 nitrogen and oxygen atoms in total. The number of hydroxylamine groups is 3. The van der Waals surface area contributed by atoms with Gasteiger partial charge in [-0.05, 0) is 25.7 Å². The van der Waals surface area contributed by atoms with Gasteiger partial charge in [0, 0.05) is 38.9 Å². The summed E-state index contributed by atoms with van der Waals surface area (Å²) in [5, 5.41) is 19.9. The van der Waals surface area contributed by atoms with Gasteiger partial charge < -0.3 is 25.8 Å². The fourth-order valence-electron chi connectivity index (χ4n) is 3.51. The molecule has 0 aliphatic heterocycles. The Bertz CT molecular complexity index is 521. The van der Waals surface area contributed by atoms with Crippen molar-refractivity contribution in [2.45, 2.75) is 103 Å². The zero-order valence-electron chi connectivity index (χ0n) is 21.5. The molecule has 0 aromatic rings. The first-order valence-corrected chi connectivity index (χ1v) is 13.1. The van der Waals surface area contributed by atoms with E-state index in [0.29, 0.717) is 32.6 Å². The quantitative estimate of drug-likeness (QED) is 0.127. The minimum Gasteiger partial charge on any atom is -0.633 e. The maximum Gasteiger partial charge on any atom is 0.220 e. The predicted octanol–water partition coefficient (Wildman–Crippen LogP) is 3.78. The summed E-state index contributed by atoms with van der Waals surface area (Å²) in [4.78, 5) is 35.4. The fourth-order valence-corrected chi connectivity index (χ4v) is 3.51. The number of hydrogen-bond acceptors (Lipinski definition) is 4. The van der Waals surface area contributed by atoms with Crippen molar-refractivity contribution >= 4 is 17.7 Å². The van der Waals surface area contributed by atoms with Crippen LogP contribution < -0.4 is 16.0 Å². The van der Waals surface area contributed by atoms with Crippen LogP contribution in [0.25, 0.3) is 0 Å². The van der Waals surface area contributed by atoms with Gasteiger partial charge in [-0.15, -0.1) is 0 Å². The van der Waals surface area contributed by atoms with Crippen LogP contribution in [0.1, 0.15) is 103 Å². The molecule has 0 aliphatic carbocycles. The molecule has 0 heterocycles. The molecular weight excluding hydrogens is 420 g/mol. The number of nitrogens with one attached hydrogen (secondary N) is 3. The van der Waals surface area contributed by atoms with Crippen molar-refractivity contribution in [1.82, 2.24) is 16.0 Å². The van der Waals surface area contributed by atoms with Crippen molar-refractivity contribution in [3.63, 3.8) is 0 Å². The summed E-state index contributed by atoms with van der Waals surface area (Å²) in [5.41, 5.74) is 0. The molecule has 0 radical (unpaired) electrons. The minimum absolute atomic E-state index is 0.0330. The molecule has 3 amide bonds. The number of nitrogens with zero attached hydrogens (tertiary/aromatic N) is 1. The standard InChI is InChI=1S/C25H50N4O4/c1-4-5-6-7-8-10-13-16-23(30)27-20-21-28-25(32)18-17-24(31)26-19-14-11-9-12-15-22-29(2,3)33/h4-22H2,1-3H3,(H,26,31)(H,27,30)(H,28,32). The average Bonchev–Trinajstić information content (AvgIpc) is 2.75. The molecule has 0 bridgehead atoms. The van der Waals surface area contributed by atoms with E-state index in [1.807, 2.05) is 0 Å². The molecule has 8 heteroatoms. The first-order valence-electron chi connectivity index (χ1n) is 13.1. The van der Waals surface area contributed by atoms with Crippen molar-refractivity contribution in [3.8, 4) is 0 Å². The monoisotopic (exact) mass is 470 g/mol. The van der Waals surface area contributed by atoms with Gasteiger partial charge in [0.15, 0.2) is 0 Å². The molecule has 0 spiro atoms. The van der Waals surface area contributed by atoms with Crippen molar-refractivity contribution in [1.29, 1.82) is 0 Å². The molecule has 0 aromatic carbocycles. The minimum atomic E-state index is -0.239. The van der Waals surface area contributed by atoms with Crippen LogP contribution in [0.2, 0.25) is 0 Å². The van der Waals surface area contributed by atoms with Gasteiger partial charge in [-0.3, -0.25) is 14.4 Å². The van der Waals surface area contributed by atoms with E-state index >= 15 is 0 Å². The first-order chi connectivity index (χ1) is 15.7. The molecular formula is C25H50N4O4. The Morgan fingerprint density at radius 3 is 1.55 bits per heavy atom. The summed E-state index contributed by atoms with van der Waals surface area (Å²) < 4.78 is -0.239. The van der Waals surface area contributed by atoms with Crippen molar-refractivity contribution in [3.05, 3.63) is 5.21 Å². The van der Waals surface area contributed by atoms with Gasteiger partial charge >= 0.3 is 0 Å². The zero-order chi connectivity index (χ0) is 24.8. The number of carbonyl (C=O) groups is 3. The molecule has 0 unspecified atom stereocenters. The van der Waals surface area contributed by atoms with E-state index in [2.05, 4.69) is 22.9 Å². The van der Waals surface area contributed by atoms with Gasteiger partial charge in [0.1, 0.15) is 0 Å². The second kappa shape index (κ2) is 20.9. The summed E-state index contributed by atoms with van der Waals surface area (Å²) in [6.07, 6.45) is 14.1. The van der Waals surface area contributed by atoms with Gasteiger partial charge in [0.05, 0.1) is 20.6 Å². The summed E-state index contributed by atoms with van der Waals surface area (Å²) in [6, 6.07) is 0. The highest BCUT2D eigenvalue weighted by Gasteiger charge is 2.07. The molecule has 3 N–H and O–H groups in total. The molecule has 194 valence electrons. The largest absolute Gasteiger partial charge is 0.633 e. The van der Waals surface area contributed by atoms with E-state index in [9.17, 15) is 19.6 Å². The lowest BCUT2D eigenvalue weighted by atomic mass is 10.1. The van der Waals surface area contributed by atoms with Crippen LogP contribution in [-0.4, -0.2) is 62.6 Å². The summed E-state index contributed by atoms with van der Waals surface area (Å²) in [6.45, 7) is 4.26. The van der Waals surface area contributed by atoms with Crippen LogP contribution in [0.5, 0.6) is 0 Å². The number of hydrogen-bond donors (Lipinski definition) is 3. The van der Waals surface area contributed by atoms with Crippen LogP contribution in [-0.2, 0) is 14.4 Å². The van der Waals surface area contributed by atoms with Crippen molar-refractivity contribution < 1.29 is 19.0 Å². The molecule has 0 aromatic heterocycles. The van der Waals surface area contributed by atoms with E-state index in [1.54, 1.807) is 14.1 Å². The molecule has 0 saturated heterocycles. The van der Waals surface area contributed by atoms with E-state index in [-0.39, 0.29) is 35.2 Å². The second-order valence-corrected chi connectivity index (χ2v) is 9.49. The number of amides is 3. The van der Waals surface area contributed by atoms with Crippen LogP contribution in [0.15, 0.2) is 0 Å². The van der Waals surface area contributed by atoms with E-state index in [0.717, 1.165) is 44.9 Å². The maximum atomic E-state index is 11.8. The lowest BCUT2D eigenvalue weighted by Gasteiger charge is -2.33. The Morgan fingerprint density at radius 2 is 1.00 bits per heavy atom. The molecule has 0 atom stereocenters. The van der Waals surface area contributed by atoms with Gasteiger partial charge in [-0.1, -0.05) is 58.3 Å². The summed E-state index contributed by atoms with van der Waals surface area (Å²) >= 11 is 0.